The van der Waals surface area contributed by atoms with Crippen LogP contribution in [0.3, 0.4) is 0 Å². The third kappa shape index (κ3) is 3.00. The molecule has 1 rings (SSSR count). The summed E-state index contributed by atoms with van der Waals surface area (Å²) < 4.78 is 5.09. The van der Waals surface area contributed by atoms with E-state index in [-0.39, 0.29) is 11.5 Å². The molecule has 0 aliphatic carbocycles. The molecule has 1 N–H and O–H groups in total. The minimum Gasteiger partial charge on any atom is -0.512 e. The zero-order chi connectivity index (χ0) is 13.7. The van der Waals surface area contributed by atoms with Gasteiger partial charge in [-0.15, -0.1) is 0 Å². The lowest BCUT2D eigenvalue weighted by molar-refractivity contribution is -0.113. The van der Waals surface area contributed by atoms with Crippen LogP contribution < -0.4 is 4.74 Å². The van der Waals surface area contributed by atoms with Crippen molar-refractivity contribution < 1.29 is 14.6 Å². The number of benzene rings is 1. The van der Waals surface area contributed by atoms with Crippen molar-refractivity contribution in [3.8, 4) is 5.75 Å². The van der Waals surface area contributed by atoms with E-state index in [4.69, 9.17) is 4.74 Å². The third-order valence-electron chi connectivity index (χ3n) is 2.67. The predicted octanol–water partition coefficient (Wildman–Crippen LogP) is 3.52. The zero-order valence-electron chi connectivity index (χ0n) is 11.2. The number of carbonyl (C=O) groups is 1. The Morgan fingerprint density at radius 1 is 1.22 bits per heavy atom. The van der Waals surface area contributed by atoms with Gasteiger partial charge in [-0.2, -0.15) is 0 Å². The van der Waals surface area contributed by atoms with Crippen LogP contribution in [-0.4, -0.2) is 18.0 Å². The molecule has 0 fully saturated rings. The second-order valence-electron chi connectivity index (χ2n) is 3.95. The van der Waals surface area contributed by atoms with E-state index in [2.05, 4.69) is 0 Å². The molecule has 0 aliphatic heterocycles. The SMILES string of the molecule is C/C=C(/C(C(C)=O)=C(\C)O)c1ccc(OC)cc1. The summed E-state index contributed by atoms with van der Waals surface area (Å²) in [5.74, 6) is 0.633. The highest BCUT2D eigenvalue weighted by Gasteiger charge is 2.15. The first-order chi connectivity index (χ1) is 8.51. The summed E-state index contributed by atoms with van der Waals surface area (Å²) in [5.41, 5.74) is 1.95. The van der Waals surface area contributed by atoms with Gasteiger partial charge in [-0.3, -0.25) is 4.79 Å². The molecule has 1 aromatic carbocycles. The number of aliphatic hydroxyl groups is 1. The second-order valence-corrected chi connectivity index (χ2v) is 3.95. The normalized spacial score (nSPS) is 13.0. The molecule has 0 heterocycles. The summed E-state index contributed by atoms with van der Waals surface area (Å²) in [4.78, 5) is 11.6. The van der Waals surface area contributed by atoms with Crippen LogP contribution in [-0.2, 0) is 4.79 Å². The number of methoxy groups -OCH3 is 1. The van der Waals surface area contributed by atoms with Crippen LogP contribution >= 0.6 is 0 Å². The van der Waals surface area contributed by atoms with Crippen molar-refractivity contribution >= 4 is 11.4 Å². The summed E-state index contributed by atoms with van der Waals surface area (Å²) in [6.07, 6.45) is 1.82. The Kier molecular flexibility index (Phi) is 4.72. The fourth-order valence-corrected chi connectivity index (χ4v) is 1.87. The fourth-order valence-electron chi connectivity index (χ4n) is 1.87. The molecule has 0 unspecified atom stereocenters. The third-order valence-corrected chi connectivity index (χ3v) is 2.67. The van der Waals surface area contributed by atoms with E-state index in [1.807, 2.05) is 37.3 Å². The van der Waals surface area contributed by atoms with E-state index in [1.54, 1.807) is 7.11 Å². The quantitative estimate of drug-likeness (QED) is 0.502. The smallest absolute Gasteiger partial charge is 0.163 e. The van der Waals surface area contributed by atoms with Gasteiger partial charge in [0.05, 0.1) is 12.7 Å². The molecule has 0 radical (unpaired) electrons. The molecule has 0 amide bonds. The molecule has 0 atom stereocenters. The van der Waals surface area contributed by atoms with Gasteiger partial charge in [-0.05, 0) is 44.0 Å². The number of aliphatic hydroxyl groups excluding tert-OH is 1. The van der Waals surface area contributed by atoms with Gasteiger partial charge in [0.25, 0.3) is 0 Å². The van der Waals surface area contributed by atoms with Gasteiger partial charge in [0.2, 0.25) is 0 Å². The average molecular weight is 246 g/mol. The first-order valence-corrected chi connectivity index (χ1v) is 5.73. The zero-order valence-corrected chi connectivity index (χ0v) is 11.2. The van der Waals surface area contributed by atoms with Gasteiger partial charge in [0.15, 0.2) is 5.78 Å². The van der Waals surface area contributed by atoms with E-state index >= 15 is 0 Å². The summed E-state index contributed by atoms with van der Waals surface area (Å²) in [6.45, 7) is 4.80. The van der Waals surface area contributed by atoms with Gasteiger partial charge >= 0.3 is 0 Å². The topological polar surface area (TPSA) is 46.5 Å². The largest absolute Gasteiger partial charge is 0.512 e. The van der Waals surface area contributed by atoms with Crippen LogP contribution in [0.15, 0.2) is 41.7 Å². The lowest BCUT2D eigenvalue weighted by Gasteiger charge is -2.11. The molecule has 0 bridgehead atoms. The summed E-state index contributed by atoms with van der Waals surface area (Å²) in [5, 5.41) is 9.64. The highest BCUT2D eigenvalue weighted by molar-refractivity contribution is 6.09. The number of hydrogen-bond donors (Lipinski definition) is 1. The molecule has 0 aromatic heterocycles. The number of Topliss-reactive ketones (excluding diaryl/α,β-unsaturated/α-hetero) is 1. The van der Waals surface area contributed by atoms with E-state index in [1.165, 1.54) is 13.8 Å². The van der Waals surface area contributed by atoms with Crippen molar-refractivity contribution in [2.75, 3.05) is 7.11 Å². The van der Waals surface area contributed by atoms with Gasteiger partial charge in [0, 0.05) is 0 Å². The fraction of sp³-hybridized carbons (Fsp3) is 0.267. The Morgan fingerprint density at radius 2 is 1.78 bits per heavy atom. The number of rotatable bonds is 4. The van der Waals surface area contributed by atoms with Crippen LogP contribution in [0, 0.1) is 0 Å². The van der Waals surface area contributed by atoms with Crippen LogP contribution in [0.5, 0.6) is 5.75 Å². The van der Waals surface area contributed by atoms with Gasteiger partial charge in [0.1, 0.15) is 11.5 Å². The summed E-state index contributed by atoms with van der Waals surface area (Å²) >= 11 is 0. The second kappa shape index (κ2) is 6.05. The summed E-state index contributed by atoms with van der Waals surface area (Å²) in [6, 6.07) is 7.37. The minimum absolute atomic E-state index is 0.0337. The first-order valence-electron chi connectivity index (χ1n) is 5.73. The van der Waals surface area contributed by atoms with Crippen molar-refractivity contribution in [2.24, 2.45) is 0 Å². The van der Waals surface area contributed by atoms with Crippen molar-refractivity contribution in [1.82, 2.24) is 0 Å². The average Bonchev–Trinajstić information content (AvgIpc) is 2.35. The predicted molar refractivity (Wildman–Crippen MR) is 72.7 cm³/mol. The Balaban J connectivity index is 3.26. The molecule has 0 aliphatic rings. The standard InChI is InChI=1S/C15H18O3/c1-5-14(15(10(2)16)11(3)17)12-6-8-13(18-4)9-7-12/h5-9,16H,1-4H3/b14-5+,15-10+. The molecule has 1 aromatic rings. The van der Waals surface area contributed by atoms with Gasteiger partial charge in [-0.25, -0.2) is 0 Å². The summed E-state index contributed by atoms with van der Waals surface area (Å²) in [7, 11) is 1.60. The first kappa shape index (κ1) is 14.0. The molecule has 3 heteroatoms. The Hall–Kier alpha value is -2.03. The molecule has 96 valence electrons. The van der Waals surface area contributed by atoms with E-state index in [0.717, 1.165) is 16.9 Å². The van der Waals surface area contributed by atoms with E-state index in [0.29, 0.717) is 5.57 Å². The monoisotopic (exact) mass is 246 g/mol. The minimum atomic E-state index is -0.154. The molecular formula is C15H18O3. The molecule has 0 saturated carbocycles. The number of carbonyl (C=O) groups excluding carboxylic acids is 1. The maximum atomic E-state index is 11.6. The Labute approximate surface area is 107 Å². The van der Waals surface area contributed by atoms with Crippen LogP contribution in [0.25, 0.3) is 5.57 Å². The molecule has 0 spiro atoms. The van der Waals surface area contributed by atoms with Gasteiger partial charge < -0.3 is 9.84 Å². The van der Waals surface area contributed by atoms with Crippen molar-refractivity contribution in [2.45, 2.75) is 20.8 Å². The maximum absolute atomic E-state index is 11.6. The highest BCUT2D eigenvalue weighted by Crippen LogP contribution is 2.27. The highest BCUT2D eigenvalue weighted by atomic mass is 16.5. The van der Waals surface area contributed by atoms with Crippen LogP contribution in [0.1, 0.15) is 26.3 Å². The van der Waals surface area contributed by atoms with Gasteiger partial charge in [-0.1, -0.05) is 18.2 Å². The van der Waals surface area contributed by atoms with Crippen molar-refractivity contribution in [3.05, 3.63) is 47.2 Å². The van der Waals surface area contributed by atoms with Crippen LogP contribution in [0.4, 0.5) is 0 Å². The number of allylic oxidation sites excluding steroid dienone is 4. The van der Waals surface area contributed by atoms with E-state index < -0.39 is 0 Å². The molecule has 3 nitrogen and oxygen atoms in total. The Bertz CT molecular complexity index is 489. The van der Waals surface area contributed by atoms with Crippen molar-refractivity contribution in [3.63, 3.8) is 0 Å². The Morgan fingerprint density at radius 3 is 2.11 bits per heavy atom. The lowest BCUT2D eigenvalue weighted by atomic mass is 9.94. The van der Waals surface area contributed by atoms with E-state index in [9.17, 15) is 9.90 Å². The maximum Gasteiger partial charge on any atom is 0.163 e. The van der Waals surface area contributed by atoms with Crippen LogP contribution in [0.2, 0.25) is 0 Å². The lowest BCUT2D eigenvalue weighted by Crippen LogP contribution is -2.03. The van der Waals surface area contributed by atoms with Crippen molar-refractivity contribution in [1.29, 1.82) is 0 Å². The molecule has 0 saturated heterocycles. The molecular weight excluding hydrogens is 228 g/mol. The molecule has 18 heavy (non-hydrogen) atoms. The number of ketones is 1. The number of hydrogen-bond acceptors (Lipinski definition) is 3. The number of ether oxygens (including phenoxy) is 1.